The lowest BCUT2D eigenvalue weighted by molar-refractivity contribution is 0.415. The molecule has 0 saturated carbocycles. The fraction of sp³-hybridized carbons (Fsp3) is 0.250. The third-order valence-corrected chi connectivity index (χ3v) is 2.94. The first-order valence-electron chi connectivity index (χ1n) is 5.16. The lowest BCUT2D eigenvalue weighted by Gasteiger charge is -2.09. The van der Waals surface area contributed by atoms with Gasteiger partial charge in [0.25, 0.3) is 0 Å². The van der Waals surface area contributed by atoms with E-state index in [1.807, 2.05) is 32.3 Å². The number of nitrogens with zero attached hydrogens (tertiary/aromatic N) is 2. The van der Waals surface area contributed by atoms with Gasteiger partial charge in [0.05, 0.1) is 12.1 Å². The van der Waals surface area contributed by atoms with E-state index in [-0.39, 0.29) is 0 Å². The predicted molar refractivity (Wildman–Crippen MR) is 69.4 cm³/mol. The fourth-order valence-electron chi connectivity index (χ4n) is 1.81. The van der Waals surface area contributed by atoms with E-state index in [9.17, 15) is 0 Å². The molecule has 0 atom stereocenters. The van der Waals surface area contributed by atoms with E-state index >= 15 is 0 Å². The summed E-state index contributed by atoms with van der Waals surface area (Å²) >= 11 is 6.12. The number of hydrogen-bond acceptors (Lipinski definition) is 3. The average molecular weight is 252 g/mol. The third kappa shape index (κ3) is 2.08. The fourth-order valence-corrected chi connectivity index (χ4v) is 2.06. The number of rotatable bonds is 2. The van der Waals surface area contributed by atoms with Crippen LogP contribution in [0.2, 0.25) is 5.02 Å². The van der Waals surface area contributed by atoms with Crippen LogP contribution in [-0.2, 0) is 7.05 Å². The molecule has 0 aliphatic carbocycles. The van der Waals surface area contributed by atoms with Gasteiger partial charge in [-0.3, -0.25) is 4.68 Å². The molecule has 5 heteroatoms. The van der Waals surface area contributed by atoms with Crippen molar-refractivity contribution in [2.45, 2.75) is 6.92 Å². The molecule has 2 aromatic rings. The van der Waals surface area contributed by atoms with Gasteiger partial charge in [0.1, 0.15) is 5.75 Å². The van der Waals surface area contributed by atoms with Crippen LogP contribution in [0.3, 0.4) is 0 Å². The summed E-state index contributed by atoms with van der Waals surface area (Å²) in [6.45, 7) is 1.99. The van der Waals surface area contributed by atoms with Crippen LogP contribution < -0.4 is 10.5 Å². The van der Waals surface area contributed by atoms with E-state index in [2.05, 4.69) is 5.10 Å². The molecule has 1 aromatic heterocycles. The van der Waals surface area contributed by atoms with E-state index < -0.39 is 0 Å². The molecule has 0 saturated heterocycles. The topological polar surface area (TPSA) is 53.1 Å². The summed E-state index contributed by atoms with van der Waals surface area (Å²) in [5.74, 6) is 1.16. The molecule has 1 aromatic carbocycles. The van der Waals surface area contributed by atoms with Gasteiger partial charge in [-0.2, -0.15) is 5.10 Å². The molecule has 0 fully saturated rings. The minimum atomic E-state index is 0.497. The smallest absolute Gasteiger partial charge is 0.153 e. The highest BCUT2D eigenvalue weighted by atomic mass is 35.5. The number of hydrogen-bond donors (Lipinski definition) is 1. The maximum atomic E-state index is 6.12. The number of anilines is 1. The summed E-state index contributed by atoms with van der Waals surface area (Å²) in [5.41, 5.74) is 8.76. The number of nitrogen functional groups attached to an aromatic ring is 1. The first-order chi connectivity index (χ1) is 8.02. The van der Waals surface area contributed by atoms with Crippen LogP contribution in [0.15, 0.2) is 18.3 Å². The van der Waals surface area contributed by atoms with Gasteiger partial charge in [-0.25, -0.2) is 0 Å². The van der Waals surface area contributed by atoms with Crippen LogP contribution in [0.5, 0.6) is 5.75 Å². The molecular formula is C12H14ClN3O. The van der Waals surface area contributed by atoms with Crippen molar-refractivity contribution in [2.75, 3.05) is 12.8 Å². The van der Waals surface area contributed by atoms with Gasteiger partial charge in [0.2, 0.25) is 0 Å². The van der Waals surface area contributed by atoms with Gasteiger partial charge in [-0.1, -0.05) is 11.6 Å². The van der Waals surface area contributed by atoms with Crippen molar-refractivity contribution in [2.24, 2.45) is 7.05 Å². The summed E-state index contributed by atoms with van der Waals surface area (Å²) in [6.07, 6.45) is 1.88. The van der Waals surface area contributed by atoms with E-state index in [1.54, 1.807) is 11.8 Å². The number of aryl methyl sites for hydroxylation is 2. The Labute approximate surface area is 105 Å². The first-order valence-corrected chi connectivity index (χ1v) is 5.54. The molecule has 0 bridgehead atoms. The summed E-state index contributed by atoms with van der Waals surface area (Å²) in [6, 6.07) is 3.74. The Kier molecular flexibility index (Phi) is 2.98. The molecule has 0 unspecified atom stereocenters. The Balaban J connectivity index is 2.60. The molecule has 0 spiro atoms. The zero-order chi connectivity index (χ0) is 12.6. The Morgan fingerprint density at radius 2 is 2.06 bits per heavy atom. The van der Waals surface area contributed by atoms with E-state index in [0.29, 0.717) is 16.6 Å². The maximum Gasteiger partial charge on any atom is 0.153 e. The second-order valence-electron chi connectivity index (χ2n) is 3.90. The molecule has 0 radical (unpaired) electrons. The predicted octanol–water partition coefficient (Wildman–Crippen LogP) is 2.64. The van der Waals surface area contributed by atoms with Crippen molar-refractivity contribution >= 4 is 17.4 Å². The van der Waals surface area contributed by atoms with Crippen molar-refractivity contribution in [1.82, 2.24) is 9.78 Å². The molecule has 0 aliphatic heterocycles. The first kappa shape index (κ1) is 11.8. The number of methoxy groups -OCH3 is 1. The Morgan fingerprint density at radius 1 is 1.35 bits per heavy atom. The number of halogens is 1. The number of aromatic nitrogens is 2. The molecule has 4 nitrogen and oxygen atoms in total. The number of benzene rings is 1. The van der Waals surface area contributed by atoms with Crippen molar-refractivity contribution < 1.29 is 4.74 Å². The summed E-state index contributed by atoms with van der Waals surface area (Å²) in [5, 5.41) is 4.69. The molecule has 1 heterocycles. The molecule has 2 N–H and O–H groups in total. The van der Waals surface area contributed by atoms with E-state index in [1.165, 1.54) is 0 Å². The minimum Gasteiger partial charge on any atom is -0.495 e. The van der Waals surface area contributed by atoms with Crippen molar-refractivity contribution in [3.63, 3.8) is 0 Å². The van der Waals surface area contributed by atoms with Crippen molar-refractivity contribution in [3.05, 3.63) is 28.9 Å². The normalized spacial score (nSPS) is 10.6. The zero-order valence-corrected chi connectivity index (χ0v) is 10.7. The molecule has 0 amide bonds. The van der Waals surface area contributed by atoms with Gasteiger partial charge < -0.3 is 10.5 Å². The Hall–Kier alpha value is -1.68. The third-order valence-electron chi connectivity index (χ3n) is 2.65. The van der Waals surface area contributed by atoms with Crippen LogP contribution in [0.4, 0.5) is 5.82 Å². The second-order valence-corrected chi connectivity index (χ2v) is 4.31. The molecule has 0 aliphatic rings. The molecular weight excluding hydrogens is 238 g/mol. The minimum absolute atomic E-state index is 0.497. The summed E-state index contributed by atoms with van der Waals surface area (Å²) in [7, 11) is 3.43. The van der Waals surface area contributed by atoms with Gasteiger partial charge in [-0.05, 0) is 30.2 Å². The van der Waals surface area contributed by atoms with Crippen LogP contribution in [-0.4, -0.2) is 16.9 Å². The molecule has 2 rings (SSSR count). The standard InChI is InChI=1S/C12H14ClN3O/c1-7-4-11(17-3)10(13)5-8(7)9-6-16(2)15-12(9)14/h4-6H,1-3H3,(H2,14,15). The van der Waals surface area contributed by atoms with Crippen molar-refractivity contribution in [1.29, 1.82) is 0 Å². The highest BCUT2D eigenvalue weighted by molar-refractivity contribution is 6.32. The Morgan fingerprint density at radius 3 is 2.59 bits per heavy atom. The van der Waals surface area contributed by atoms with Crippen molar-refractivity contribution in [3.8, 4) is 16.9 Å². The lowest BCUT2D eigenvalue weighted by atomic mass is 10.0. The number of ether oxygens (including phenoxy) is 1. The molecule has 17 heavy (non-hydrogen) atoms. The van der Waals surface area contributed by atoms with Gasteiger partial charge in [0, 0.05) is 18.8 Å². The second kappa shape index (κ2) is 4.30. The highest BCUT2D eigenvalue weighted by Crippen LogP contribution is 2.35. The number of nitrogens with two attached hydrogens (primary N) is 1. The Bertz CT molecular complexity index is 563. The SMILES string of the molecule is COc1cc(C)c(-c2cn(C)nc2N)cc1Cl. The maximum absolute atomic E-state index is 6.12. The lowest BCUT2D eigenvalue weighted by Crippen LogP contribution is -1.92. The summed E-state index contributed by atoms with van der Waals surface area (Å²) < 4.78 is 6.85. The molecule has 90 valence electrons. The monoisotopic (exact) mass is 251 g/mol. The van der Waals surface area contributed by atoms with Gasteiger partial charge in [0.15, 0.2) is 5.82 Å². The van der Waals surface area contributed by atoms with E-state index in [4.69, 9.17) is 22.1 Å². The zero-order valence-electron chi connectivity index (χ0n) is 9.99. The van der Waals surface area contributed by atoms with Crippen LogP contribution in [0.1, 0.15) is 5.56 Å². The van der Waals surface area contributed by atoms with Crippen LogP contribution in [0, 0.1) is 6.92 Å². The highest BCUT2D eigenvalue weighted by Gasteiger charge is 2.12. The largest absolute Gasteiger partial charge is 0.495 e. The van der Waals surface area contributed by atoms with E-state index in [0.717, 1.165) is 16.7 Å². The van der Waals surface area contributed by atoms with Gasteiger partial charge in [-0.15, -0.1) is 0 Å². The van der Waals surface area contributed by atoms with Gasteiger partial charge >= 0.3 is 0 Å². The average Bonchev–Trinajstić information content (AvgIpc) is 2.60. The quantitative estimate of drug-likeness (QED) is 0.893. The van der Waals surface area contributed by atoms with Crippen LogP contribution in [0.25, 0.3) is 11.1 Å². The van der Waals surface area contributed by atoms with Crippen LogP contribution >= 0.6 is 11.6 Å². The summed E-state index contributed by atoms with van der Waals surface area (Å²) in [4.78, 5) is 0.